The molecule has 124 valence electrons. The smallest absolute Gasteiger partial charge is 0.234 e. The number of halogens is 2. The van der Waals surface area contributed by atoms with E-state index >= 15 is 0 Å². The number of thioether (sulfide) groups is 1. The van der Waals surface area contributed by atoms with Gasteiger partial charge in [0.25, 0.3) is 0 Å². The van der Waals surface area contributed by atoms with Gasteiger partial charge in [-0.3, -0.25) is 4.40 Å². The van der Waals surface area contributed by atoms with Crippen LogP contribution in [0.5, 0.6) is 0 Å². The molecule has 0 saturated carbocycles. The van der Waals surface area contributed by atoms with Crippen LogP contribution >= 0.6 is 39.3 Å². The largest absolute Gasteiger partial charge is 0.283 e. The summed E-state index contributed by atoms with van der Waals surface area (Å²) < 4.78 is 3.09. The van der Waals surface area contributed by atoms with Crippen molar-refractivity contribution in [2.24, 2.45) is 0 Å². The number of aromatic nitrogens is 3. The van der Waals surface area contributed by atoms with Crippen molar-refractivity contribution in [2.45, 2.75) is 4.90 Å². The summed E-state index contributed by atoms with van der Waals surface area (Å²) in [5.41, 5.74) is 3.99. The van der Waals surface area contributed by atoms with Gasteiger partial charge in [0.15, 0.2) is 0 Å². The van der Waals surface area contributed by atoms with Gasteiger partial charge in [0.1, 0.15) is 0 Å². The highest BCUT2D eigenvalue weighted by Gasteiger charge is 2.17. The van der Waals surface area contributed by atoms with Gasteiger partial charge >= 0.3 is 0 Å². The summed E-state index contributed by atoms with van der Waals surface area (Å²) in [6.45, 7) is 0. The van der Waals surface area contributed by atoms with Crippen LogP contribution in [0.15, 0.2) is 70.3 Å². The molecular formula is C19H13BrClN3S. The van der Waals surface area contributed by atoms with Gasteiger partial charge in [-0.1, -0.05) is 29.8 Å². The number of imidazole rings is 1. The lowest BCUT2D eigenvalue weighted by atomic mass is 10.0. The normalized spacial score (nSPS) is 11.2. The lowest BCUT2D eigenvalue weighted by molar-refractivity contribution is 1.11. The van der Waals surface area contributed by atoms with Crippen LogP contribution in [-0.2, 0) is 0 Å². The Hall–Kier alpha value is -1.82. The molecule has 4 rings (SSSR count). The van der Waals surface area contributed by atoms with Crippen molar-refractivity contribution in [2.75, 3.05) is 6.26 Å². The van der Waals surface area contributed by atoms with Crippen LogP contribution in [-0.4, -0.2) is 20.6 Å². The van der Waals surface area contributed by atoms with Crippen molar-refractivity contribution in [3.8, 4) is 22.5 Å². The molecule has 2 aromatic carbocycles. The molecule has 0 amide bonds. The Labute approximate surface area is 163 Å². The van der Waals surface area contributed by atoms with E-state index in [-0.39, 0.29) is 0 Å². The average Bonchev–Trinajstić information content (AvgIpc) is 3.01. The second-order valence-corrected chi connectivity index (χ2v) is 7.59. The van der Waals surface area contributed by atoms with Gasteiger partial charge in [-0.15, -0.1) is 11.8 Å². The Morgan fingerprint density at radius 2 is 1.84 bits per heavy atom. The van der Waals surface area contributed by atoms with Crippen LogP contribution in [0, 0.1) is 0 Å². The molecule has 0 saturated heterocycles. The standard InChI is InChI=1S/C19H13BrClN3S/c1-25-16-8-5-13(11-15(16)20)18-17(12-3-6-14(21)7-4-12)23-19-22-9-2-10-24(18)19/h2-11H,1H3. The van der Waals surface area contributed by atoms with Crippen LogP contribution in [0.4, 0.5) is 0 Å². The predicted octanol–water partition coefficient (Wildman–Crippen LogP) is 6.20. The molecule has 4 aromatic rings. The van der Waals surface area contributed by atoms with Crippen molar-refractivity contribution in [3.63, 3.8) is 0 Å². The minimum Gasteiger partial charge on any atom is -0.283 e. The molecule has 0 atom stereocenters. The third-order valence-corrected chi connectivity index (χ3v) is 5.91. The first-order valence-corrected chi connectivity index (χ1v) is 10.00. The zero-order valence-corrected chi connectivity index (χ0v) is 16.4. The Kier molecular flexibility index (Phi) is 4.54. The predicted molar refractivity (Wildman–Crippen MR) is 108 cm³/mol. The van der Waals surface area contributed by atoms with E-state index in [1.807, 2.05) is 40.9 Å². The molecule has 0 aliphatic rings. The molecule has 2 aromatic heterocycles. The highest BCUT2D eigenvalue weighted by molar-refractivity contribution is 9.10. The second kappa shape index (κ2) is 6.83. The fourth-order valence-corrected chi connectivity index (χ4v) is 4.23. The maximum Gasteiger partial charge on any atom is 0.234 e. The molecule has 2 heterocycles. The van der Waals surface area contributed by atoms with Crippen molar-refractivity contribution in [1.82, 2.24) is 14.4 Å². The molecule has 0 spiro atoms. The Balaban J connectivity index is 1.99. The lowest BCUT2D eigenvalue weighted by Crippen LogP contribution is -1.91. The van der Waals surface area contributed by atoms with E-state index in [1.165, 1.54) is 4.90 Å². The van der Waals surface area contributed by atoms with Gasteiger partial charge in [0, 0.05) is 37.9 Å². The van der Waals surface area contributed by atoms with Gasteiger partial charge in [-0.05, 0) is 52.5 Å². The topological polar surface area (TPSA) is 30.2 Å². The maximum absolute atomic E-state index is 6.04. The Bertz CT molecular complexity index is 1060. The molecule has 0 N–H and O–H groups in total. The summed E-state index contributed by atoms with van der Waals surface area (Å²) in [5, 5.41) is 0.708. The fraction of sp³-hybridized carbons (Fsp3) is 0.0526. The highest BCUT2D eigenvalue weighted by atomic mass is 79.9. The van der Waals surface area contributed by atoms with E-state index in [9.17, 15) is 0 Å². The van der Waals surface area contributed by atoms with Crippen molar-refractivity contribution in [1.29, 1.82) is 0 Å². The Morgan fingerprint density at radius 1 is 1.08 bits per heavy atom. The minimum absolute atomic E-state index is 0.674. The van der Waals surface area contributed by atoms with Crippen molar-refractivity contribution < 1.29 is 0 Å². The van der Waals surface area contributed by atoms with Crippen LogP contribution in [0.3, 0.4) is 0 Å². The second-order valence-electron chi connectivity index (χ2n) is 5.45. The van der Waals surface area contributed by atoms with Crippen LogP contribution in [0.1, 0.15) is 0 Å². The summed E-state index contributed by atoms with van der Waals surface area (Å²) in [4.78, 5) is 10.3. The van der Waals surface area contributed by atoms with Gasteiger partial charge in [-0.25, -0.2) is 9.97 Å². The molecule has 6 heteroatoms. The molecule has 0 radical (unpaired) electrons. The van der Waals surface area contributed by atoms with Crippen LogP contribution in [0.2, 0.25) is 5.02 Å². The van der Waals surface area contributed by atoms with E-state index in [4.69, 9.17) is 16.6 Å². The lowest BCUT2D eigenvalue weighted by Gasteiger charge is -2.08. The molecule has 25 heavy (non-hydrogen) atoms. The first-order chi connectivity index (χ1) is 12.2. The zero-order chi connectivity index (χ0) is 17.4. The molecule has 0 fully saturated rings. The monoisotopic (exact) mass is 429 g/mol. The summed E-state index contributed by atoms with van der Waals surface area (Å²) in [6, 6.07) is 16.0. The number of hydrogen-bond acceptors (Lipinski definition) is 3. The number of hydrogen-bond donors (Lipinski definition) is 0. The van der Waals surface area contributed by atoms with Crippen LogP contribution < -0.4 is 0 Å². The van der Waals surface area contributed by atoms with Gasteiger partial charge in [0.05, 0.1) is 11.4 Å². The SMILES string of the molecule is CSc1ccc(-c2c(-c3ccc(Cl)cc3)nc3ncccn23)cc1Br. The summed E-state index contributed by atoms with van der Waals surface area (Å²) in [5.74, 6) is 0.674. The van der Waals surface area contributed by atoms with E-state index in [1.54, 1.807) is 18.0 Å². The summed E-state index contributed by atoms with van der Waals surface area (Å²) in [7, 11) is 0. The molecule has 0 bridgehead atoms. The minimum atomic E-state index is 0.674. The van der Waals surface area contributed by atoms with E-state index in [2.05, 4.69) is 45.4 Å². The Morgan fingerprint density at radius 3 is 2.56 bits per heavy atom. The number of nitrogens with zero attached hydrogens (tertiary/aromatic N) is 3. The average molecular weight is 431 g/mol. The highest BCUT2D eigenvalue weighted by Crippen LogP contribution is 2.36. The third-order valence-electron chi connectivity index (χ3n) is 3.95. The van der Waals surface area contributed by atoms with E-state index < -0.39 is 0 Å². The molecule has 0 aliphatic carbocycles. The first kappa shape index (κ1) is 16.6. The number of fused-ring (bicyclic) bond motifs is 1. The third kappa shape index (κ3) is 3.08. The molecule has 0 unspecified atom stereocenters. The first-order valence-electron chi connectivity index (χ1n) is 7.60. The van der Waals surface area contributed by atoms with Crippen LogP contribution in [0.25, 0.3) is 28.3 Å². The fourth-order valence-electron chi connectivity index (χ4n) is 2.79. The summed E-state index contributed by atoms with van der Waals surface area (Å²) in [6.07, 6.45) is 5.81. The zero-order valence-electron chi connectivity index (χ0n) is 13.3. The van der Waals surface area contributed by atoms with Gasteiger partial charge in [0.2, 0.25) is 5.78 Å². The van der Waals surface area contributed by atoms with Gasteiger partial charge in [-0.2, -0.15) is 0 Å². The number of rotatable bonds is 3. The summed E-state index contributed by atoms with van der Waals surface area (Å²) >= 11 is 11.4. The molecule has 0 aliphatic heterocycles. The molecule has 3 nitrogen and oxygen atoms in total. The molecular weight excluding hydrogens is 418 g/mol. The quantitative estimate of drug-likeness (QED) is 0.362. The van der Waals surface area contributed by atoms with Crippen molar-refractivity contribution >= 4 is 45.1 Å². The maximum atomic E-state index is 6.04. The van der Waals surface area contributed by atoms with E-state index in [0.29, 0.717) is 10.8 Å². The van der Waals surface area contributed by atoms with Gasteiger partial charge < -0.3 is 0 Å². The van der Waals surface area contributed by atoms with E-state index in [0.717, 1.165) is 27.0 Å². The van der Waals surface area contributed by atoms with Crippen molar-refractivity contribution in [3.05, 3.63) is 70.4 Å². The number of benzene rings is 2.